The van der Waals surface area contributed by atoms with Crippen molar-refractivity contribution in [1.29, 1.82) is 0 Å². The number of aromatic amines is 2. The van der Waals surface area contributed by atoms with E-state index in [4.69, 9.17) is 23.2 Å². The topological polar surface area (TPSA) is 89.8 Å². The lowest BCUT2D eigenvalue weighted by molar-refractivity contribution is 0.262. The Bertz CT molecular complexity index is 896. The number of halogens is 2. The average molecular weight is 337 g/mol. The van der Waals surface area contributed by atoms with Gasteiger partial charge in [0.1, 0.15) is 0 Å². The lowest BCUT2D eigenvalue weighted by Crippen LogP contribution is -2.19. The first-order valence-corrected chi connectivity index (χ1v) is 7.01. The largest absolute Gasteiger partial charge is 0.323 e. The van der Waals surface area contributed by atoms with Crippen molar-refractivity contribution in [3.8, 4) is 0 Å². The van der Waals surface area contributed by atoms with E-state index in [1.54, 1.807) is 36.4 Å². The number of carbonyl (C=O) groups excluding carboxylic acids is 1. The van der Waals surface area contributed by atoms with Crippen LogP contribution in [0.5, 0.6) is 0 Å². The Kier molecular flexibility index (Phi) is 3.79. The molecular weight excluding hydrogens is 327 g/mol. The number of benzene rings is 2. The van der Waals surface area contributed by atoms with Crippen molar-refractivity contribution in [1.82, 2.24) is 9.97 Å². The van der Waals surface area contributed by atoms with Crippen LogP contribution >= 0.6 is 23.2 Å². The number of hydrogen-bond acceptors (Lipinski definition) is 2. The fourth-order valence-electron chi connectivity index (χ4n) is 2.03. The van der Waals surface area contributed by atoms with E-state index in [9.17, 15) is 9.59 Å². The van der Waals surface area contributed by atoms with E-state index in [2.05, 4.69) is 20.6 Å². The number of carbonyl (C=O) groups is 1. The summed E-state index contributed by atoms with van der Waals surface area (Å²) in [6, 6.07) is 9.31. The molecule has 0 aliphatic heterocycles. The van der Waals surface area contributed by atoms with Gasteiger partial charge in [-0.25, -0.2) is 9.59 Å². The highest BCUT2D eigenvalue weighted by atomic mass is 35.5. The van der Waals surface area contributed by atoms with Gasteiger partial charge in [-0.1, -0.05) is 23.2 Å². The minimum atomic E-state index is -0.449. The third-order valence-corrected chi connectivity index (χ3v) is 3.33. The van der Waals surface area contributed by atoms with Crippen LogP contribution in [-0.2, 0) is 0 Å². The minimum Gasteiger partial charge on any atom is -0.308 e. The Hall–Kier alpha value is -2.44. The summed E-state index contributed by atoms with van der Waals surface area (Å²) in [5.74, 6) is 0. The Balaban J connectivity index is 1.76. The monoisotopic (exact) mass is 336 g/mol. The molecule has 0 unspecified atom stereocenters. The van der Waals surface area contributed by atoms with Crippen LogP contribution in [0.15, 0.2) is 41.2 Å². The third kappa shape index (κ3) is 3.24. The fraction of sp³-hybridized carbons (Fsp3) is 0. The zero-order valence-corrected chi connectivity index (χ0v) is 12.5. The van der Waals surface area contributed by atoms with E-state index in [1.807, 2.05) is 0 Å². The van der Waals surface area contributed by atoms with Crippen LogP contribution in [0.1, 0.15) is 0 Å². The standard InChI is InChI=1S/C14H10Cl2N4O2/c15-7-3-8(16)5-10(4-7)18-13(21)17-9-1-2-11-12(6-9)20-14(22)19-11/h1-6H,(H2,17,18,21)(H2,19,20,22). The van der Waals surface area contributed by atoms with Crippen molar-refractivity contribution in [2.45, 2.75) is 0 Å². The number of aromatic nitrogens is 2. The second kappa shape index (κ2) is 5.75. The van der Waals surface area contributed by atoms with Crippen LogP contribution in [0.2, 0.25) is 10.0 Å². The Morgan fingerprint density at radius 2 is 1.50 bits per heavy atom. The maximum Gasteiger partial charge on any atom is 0.323 e. The first-order chi connectivity index (χ1) is 10.5. The number of fused-ring (bicyclic) bond motifs is 1. The Morgan fingerprint density at radius 1 is 0.864 bits per heavy atom. The molecule has 4 N–H and O–H groups in total. The van der Waals surface area contributed by atoms with Crippen LogP contribution in [0.4, 0.5) is 16.2 Å². The molecule has 0 aliphatic carbocycles. The highest BCUT2D eigenvalue weighted by molar-refractivity contribution is 6.35. The van der Waals surface area contributed by atoms with Crippen LogP contribution in [0, 0.1) is 0 Å². The van der Waals surface area contributed by atoms with Crippen LogP contribution in [-0.4, -0.2) is 16.0 Å². The van der Waals surface area contributed by atoms with Crippen molar-refractivity contribution in [3.63, 3.8) is 0 Å². The van der Waals surface area contributed by atoms with Crippen LogP contribution < -0.4 is 16.3 Å². The summed E-state index contributed by atoms with van der Waals surface area (Å²) < 4.78 is 0. The fourth-order valence-corrected chi connectivity index (χ4v) is 2.56. The SMILES string of the molecule is O=C(Nc1cc(Cl)cc(Cl)c1)Nc1ccc2[nH]c(=O)[nH]c2c1. The van der Waals surface area contributed by atoms with E-state index in [1.165, 1.54) is 0 Å². The van der Waals surface area contributed by atoms with Crippen molar-refractivity contribution < 1.29 is 4.79 Å². The smallest absolute Gasteiger partial charge is 0.308 e. The molecule has 3 aromatic rings. The first-order valence-electron chi connectivity index (χ1n) is 6.26. The lowest BCUT2D eigenvalue weighted by atomic mass is 10.3. The highest BCUT2D eigenvalue weighted by Gasteiger charge is 2.06. The van der Waals surface area contributed by atoms with Gasteiger partial charge >= 0.3 is 11.7 Å². The number of urea groups is 1. The van der Waals surface area contributed by atoms with E-state index in [-0.39, 0.29) is 5.69 Å². The molecule has 0 saturated heterocycles. The number of amides is 2. The first kappa shape index (κ1) is 14.5. The maximum atomic E-state index is 12.0. The number of rotatable bonds is 2. The molecule has 0 aliphatic rings. The normalized spacial score (nSPS) is 10.6. The number of hydrogen-bond donors (Lipinski definition) is 4. The van der Waals surface area contributed by atoms with Gasteiger partial charge in [0, 0.05) is 21.4 Å². The molecule has 8 heteroatoms. The van der Waals surface area contributed by atoms with E-state index in [0.717, 1.165) is 0 Å². The summed E-state index contributed by atoms with van der Waals surface area (Å²) in [6.45, 7) is 0. The van der Waals surface area contributed by atoms with Crippen molar-refractivity contribution in [2.24, 2.45) is 0 Å². The van der Waals surface area contributed by atoms with Gasteiger partial charge in [-0.05, 0) is 36.4 Å². The van der Waals surface area contributed by atoms with Gasteiger partial charge in [-0.15, -0.1) is 0 Å². The lowest BCUT2D eigenvalue weighted by Gasteiger charge is -2.08. The van der Waals surface area contributed by atoms with Crippen molar-refractivity contribution >= 4 is 51.6 Å². The van der Waals surface area contributed by atoms with Crippen molar-refractivity contribution in [3.05, 3.63) is 56.9 Å². The van der Waals surface area contributed by atoms with Gasteiger partial charge in [-0.3, -0.25) is 0 Å². The molecule has 112 valence electrons. The zero-order valence-electron chi connectivity index (χ0n) is 11.0. The molecule has 0 fully saturated rings. The molecule has 0 bridgehead atoms. The predicted molar refractivity (Wildman–Crippen MR) is 88.0 cm³/mol. The minimum absolute atomic E-state index is 0.301. The second-order valence-electron chi connectivity index (χ2n) is 4.58. The third-order valence-electron chi connectivity index (χ3n) is 2.89. The molecule has 6 nitrogen and oxygen atoms in total. The number of anilines is 2. The van der Waals surface area contributed by atoms with E-state index < -0.39 is 6.03 Å². The second-order valence-corrected chi connectivity index (χ2v) is 5.45. The van der Waals surface area contributed by atoms with Gasteiger partial charge in [0.2, 0.25) is 0 Å². The molecule has 1 aromatic heterocycles. The van der Waals surface area contributed by atoms with Crippen molar-refractivity contribution in [2.75, 3.05) is 10.6 Å². The van der Waals surface area contributed by atoms with Gasteiger partial charge in [0.25, 0.3) is 0 Å². The molecule has 3 rings (SSSR count). The number of imidazole rings is 1. The summed E-state index contributed by atoms with van der Waals surface area (Å²) in [4.78, 5) is 28.4. The number of nitrogens with one attached hydrogen (secondary N) is 4. The zero-order chi connectivity index (χ0) is 15.7. The summed E-state index contributed by atoms with van der Waals surface area (Å²) >= 11 is 11.7. The molecule has 0 spiro atoms. The summed E-state index contributed by atoms with van der Waals surface area (Å²) in [6.07, 6.45) is 0. The van der Waals surface area contributed by atoms with Gasteiger partial charge in [0.05, 0.1) is 11.0 Å². The molecule has 1 heterocycles. The van der Waals surface area contributed by atoms with E-state index >= 15 is 0 Å². The van der Waals surface area contributed by atoms with Gasteiger partial charge in [-0.2, -0.15) is 0 Å². The molecule has 0 atom stereocenters. The van der Waals surface area contributed by atoms with E-state index in [0.29, 0.717) is 32.5 Å². The van der Waals surface area contributed by atoms with Crippen LogP contribution in [0.3, 0.4) is 0 Å². The average Bonchev–Trinajstić information content (AvgIpc) is 2.76. The highest BCUT2D eigenvalue weighted by Crippen LogP contribution is 2.22. The summed E-state index contributed by atoms with van der Waals surface area (Å²) in [7, 11) is 0. The molecule has 2 amide bonds. The predicted octanol–water partition coefficient (Wildman–Crippen LogP) is 3.81. The number of H-pyrrole nitrogens is 2. The molecular formula is C14H10Cl2N4O2. The summed E-state index contributed by atoms with van der Waals surface area (Å²) in [5.41, 5.74) is 1.98. The quantitative estimate of drug-likeness (QED) is 0.573. The molecule has 0 saturated carbocycles. The molecule has 0 radical (unpaired) electrons. The van der Waals surface area contributed by atoms with Crippen LogP contribution in [0.25, 0.3) is 11.0 Å². The maximum absolute atomic E-state index is 12.0. The van der Waals surface area contributed by atoms with Gasteiger partial charge < -0.3 is 20.6 Å². The molecule has 22 heavy (non-hydrogen) atoms. The Labute approximate surface area is 134 Å². The summed E-state index contributed by atoms with van der Waals surface area (Å²) in [5, 5.41) is 6.14. The molecule has 2 aromatic carbocycles. The van der Waals surface area contributed by atoms with Gasteiger partial charge in [0.15, 0.2) is 0 Å². The Morgan fingerprint density at radius 3 is 2.23 bits per heavy atom.